The molecule has 19 heavy (non-hydrogen) atoms. The Hall–Kier alpha value is -1.34. The van der Waals surface area contributed by atoms with E-state index in [1.165, 1.54) is 25.7 Å². The topological polar surface area (TPSA) is 139 Å². The summed E-state index contributed by atoms with van der Waals surface area (Å²) >= 11 is 0. The van der Waals surface area contributed by atoms with Crippen LogP contribution in [-0.2, 0) is 4.79 Å². The first kappa shape index (κ1) is 17.7. The Kier molecular flexibility index (Phi) is 9.82. The summed E-state index contributed by atoms with van der Waals surface area (Å²) in [5.74, 6) is -1.02. The van der Waals surface area contributed by atoms with Crippen molar-refractivity contribution in [3.8, 4) is 0 Å². The number of carbonyl (C=O) groups is 2. The molecule has 1 aliphatic carbocycles. The van der Waals surface area contributed by atoms with Crippen LogP contribution in [0.25, 0.3) is 0 Å². The number of amides is 1. The van der Waals surface area contributed by atoms with Crippen molar-refractivity contribution >= 4 is 12.1 Å². The molecule has 0 aromatic heterocycles. The van der Waals surface area contributed by atoms with Crippen LogP contribution in [0, 0.1) is 0 Å². The maximum absolute atomic E-state index is 10.2. The Morgan fingerprint density at radius 1 is 1.21 bits per heavy atom. The Morgan fingerprint density at radius 3 is 2.16 bits per heavy atom. The van der Waals surface area contributed by atoms with Gasteiger partial charge in [0, 0.05) is 12.6 Å². The number of carboxylic acids is 1. The fourth-order valence-corrected chi connectivity index (χ4v) is 1.77. The normalized spacial score (nSPS) is 16.3. The molecular formula is C12H25N3O4. The van der Waals surface area contributed by atoms with Crippen LogP contribution in [0.2, 0.25) is 0 Å². The maximum Gasteiger partial charge on any atom is 0.404 e. The second-order valence-electron chi connectivity index (χ2n) is 4.72. The van der Waals surface area contributed by atoms with Gasteiger partial charge in [0.05, 0.1) is 0 Å². The molecule has 7 heteroatoms. The molecule has 0 aromatic rings. The third-order valence-corrected chi connectivity index (χ3v) is 2.94. The molecule has 1 aliphatic rings. The van der Waals surface area contributed by atoms with Gasteiger partial charge in [0.25, 0.3) is 0 Å². The summed E-state index contributed by atoms with van der Waals surface area (Å²) in [6.07, 6.45) is 5.77. The van der Waals surface area contributed by atoms with Gasteiger partial charge in [0.15, 0.2) is 0 Å². The molecule has 1 unspecified atom stereocenters. The molecule has 0 bridgehead atoms. The van der Waals surface area contributed by atoms with Crippen molar-refractivity contribution in [3.63, 3.8) is 0 Å². The quantitative estimate of drug-likeness (QED) is 0.453. The lowest BCUT2D eigenvalue weighted by atomic mass is 10.1. The van der Waals surface area contributed by atoms with Crippen LogP contribution in [0.1, 0.15) is 44.9 Å². The summed E-state index contributed by atoms with van der Waals surface area (Å²) in [5.41, 5.74) is 10.8. The Morgan fingerprint density at radius 2 is 1.79 bits per heavy atom. The second-order valence-corrected chi connectivity index (χ2v) is 4.72. The van der Waals surface area contributed by atoms with Crippen LogP contribution >= 0.6 is 0 Å². The summed E-state index contributed by atoms with van der Waals surface area (Å²) in [4.78, 5) is 20.2. The maximum atomic E-state index is 10.2. The lowest BCUT2D eigenvalue weighted by molar-refractivity contribution is -0.138. The minimum absolute atomic E-state index is 0.335. The summed E-state index contributed by atoms with van der Waals surface area (Å²) in [6, 6.07) is -0.296. The number of rotatable bonds is 6. The smallest absolute Gasteiger partial charge is 0.404 e. The Labute approximate surface area is 113 Å². The molecule has 0 heterocycles. The molecule has 1 atom stereocenters. The van der Waals surface area contributed by atoms with Crippen molar-refractivity contribution in [1.29, 1.82) is 0 Å². The molecule has 7 N–H and O–H groups in total. The van der Waals surface area contributed by atoms with Gasteiger partial charge < -0.3 is 27.0 Å². The van der Waals surface area contributed by atoms with Gasteiger partial charge in [-0.25, -0.2) is 4.79 Å². The molecule has 7 nitrogen and oxygen atoms in total. The Bertz CT molecular complexity index is 268. The van der Waals surface area contributed by atoms with E-state index in [4.69, 9.17) is 21.7 Å². The number of hydrogen-bond acceptors (Lipinski definition) is 4. The van der Waals surface area contributed by atoms with E-state index in [9.17, 15) is 9.59 Å². The van der Waals surface area contributed by atoms with E-state index in [0.717, 1.165) is 0 Å². The van der Waals surface area contributed by atoms with Crippen LogP contribution in [0.3, 0.4) is 0 Å². The molecule has 1 amide bonds. The van der Waals surface area contributed by atoms with E-state index in [2.05, 4.69) is 5.32 Å². The molecule has 1 fully saturated rings. The minimum Gasteiger partial charge on any atom is -0.480 e. The first-order chi connectivity index (χ1) is 8.93. The lowest BCUT2D eigenvalue weighted by Crippen LogP contribution is -2.30. The van der Waals surface area contributed by atoms with E-state index in [1.807, 2.05) is 0 Å². The van der Waals surface area contributed by atoms with Crippen molar-refractivity contribution in [2.24, 2.45) is 11.5 Å². The van der Waals surface area contributed by atoms with Gasteiger partial charge >= 0.3 is 12.1 Å². The van der Waals surface area contributed by atoms with Crippen molar-refractivity contribution in [2.45, 2.75) is 57.0 Å². The van der Waals surface area contributed by atoms with Gasteiger partial charge in [-0.3, -0.25) is 4.79 Å². The van der Waals surface area contributed by atoms with Crippen molar-refractivity contribution in [2.75, 3.05) is 6.54 Å². The number of unbranched alkanes of at least 4 members (excludes halogenated alkanes) is 1. The number of carboxylic acid groups (broad SMARTS) is 2. The standard InChI is InChI=1S/C7H14N2O4.C5H11N/c8-5(6(10)11)3-1-2-4-9-7(12)13;6-5-3-1-2-4-5/h5,9H,1-4,8H2,(H,10,11)(H,12,13);5H,1-4,6H2. The van der Waals surface area contributed by atoms with Gasteiger partial charge in [-0.15, -0.1) is 0 Å². The van der Waals surface area contributed by atoms with E-state index in [-0.39, 0.29) is 0 Å². The van der Waals surface area contributed by atoms with Gasteiger partial charge in [-0.05, 0) is 32.1 Å². The predicted octanol–water partition coefficient (Wildman–Crippen LogP) is 0.724. The predicted molar refractivity (Wildman–Crippen MR) is 71.9 cm³/mol. The largest absolute Gasteiger partial charge is 0.480 e. The number of nitrogens with one attached hydrogen (secondary N) is 1. The molecule has 0 aromatic carbocycles. The van der Waals surface area contributed by atoms with Crippen LogP contribution in [-0.4, -0.2) is 40.9 Å². The number of nitrogens with two attached hydrogens (primary N) is 2. The fraction of sp³-hybridized carbons (Fsp3) is 0.833. The number of hydrogen-bond donors (Lipinski definition) is 5. The van der Waals surface area contributed by atoms with E-state index in [1.54, 1.807) is 0 Å². The van der Waals surface area contributed by atoms with Crippen LogP contribution in [0.15, 0.2) is 0 Å². The second kappa shape index (κ2) is 10.6. The van der Waals surface area contributed by atoms with Crippen LogP contribution in [0.5, 0.6) is 0 Å². The average molecular weight is 275 g/mol. The molecule has 1 rings (SSSR count). The van der Waals surface area contributed by atoms with Gasteiger partial charge in [0.1, 0.15) is 6.04 Å². The van der Waals surface area contributed by atoms with Crippen molar-refractivity contribution < 1.29 is 19.8 Å². The summed E-state index contributed by atoms with van der Waals surface area (Å²) in [5, 5.41) is 18.7. The molecular weight excluding hydrogens is 250 g/mol. The monoisotopic (exact) mass is 275 g/mol. The van der Waals surface area contributed by atoms with E-state index >= 15 is 0 Å². The SMILES string of the molecule is NC(CCCCNC(=O)O)C(=O)O.NC1CCCC1. The summed E-state index contributed by atoms with van der Waals surface area (Å²) < 4.78 is 0. The third-order valence-electron chi connectivity index (χ3n) is 2.94. The molecule has 0 saturated heterocycles. The first-order valence-corrected chi connectivity index (χ1v) is 6.64. The minimum atomic E-state index is -1.07. The lowest BCUT2D eigenvalue weighted by Gasteiger charge is -2.05. The molecule has 0 radical (unpaired) electrons. The highest BCUT2D eigenvalue weighted by Gasteiger charge is 2.09. The zero-order valence-electron chi connectivity index (χ0n) is 11.2. The van der Waals surface area contributed by atoms with Gasteiger partial charge in [-0.1, -0.05) is 12.8 Å². The summed E-state index contributed by atoms with van der Waals surface area (Å²) in [6.45, 7) is 0.335. The van der Waals surface area contributed by atoms with E-state index in [0.29, 0.717) is 31.8 Å². The highest BCUT2D eigenvalue weighted by atomic mass is 16.4. The molecule has 0 aliphatic heterocycles. The molecule has 112 valence electrons. The molecule has 1 saturated carbocycles. The van der Waals surface area contributed by atoms with Crippen LogP contribution in [0.4, 0.5) is 4.79 Å². The first-order valence-electron chi connectivity index (χ1n) is 6.64. The van der Waals surface area contributed by atoms with E-state index < -0.39 is 18.1 Å². The zero-order chi connectivity index (χ0) is 14.7. The molecule has 0 spiro atoms. The van der Waals surface area contributed by atoms with Crippen molar-refractivity contribution in [1.82, 2.24) is 5.32 Å². The van der Waals surface area contributed by atoms with Gasteiger partial charge in [-0.2, -0.15) is 0 Å². The van der Waals surface area contributed by atoms with Crippen molar-refractivity contribution in [3.05, 3.63) is 0 Å². The van der Waals surface area contributed by atoms with Crippen LogP contribution < -0.4 is 16.8 Å². The highest BCUT2D eigenvalue weighted by molar-refractivity contribution is 5.72. The number of aliphatic carboxylic acids is 1. The average Bonchev–Trinajstić information content (AvgIpc) is 2.80. The third kappa shape index (κ3) is 11.5. The van der Waals surface area contributed by atoms with Gasteiger partial charge in [0.2, 0.25) is 0 Å². The highest BCUT2D eigenvalue weighted by Crippen LogP contribution is 2.14. The summed E-state index contributed by atoms with van der Waals surface area (Å²) in [7, 11) is 0. The fourth-order valence-electron chi connectivity index (χ4n) is 1.77. The Balaban J connectivity index is 0.000000443. The zero-order valence-corrected chi connectivity index (χ0v) is 11.2.